The number of rotatable bonds is 7. The normalized spacial score (nSPS) is 15.6. The Morgan fingerprint density at radius 3 is 2.32 bits per heavy atom. The maximum absolute atomic E-state index is 12.9. The molecule has 1 aromatic heterocycles. The Bertz CT molecular complexity index is 759. The number of aromatic nitrogens is 1. The molecule has 0 N–H and O–H groups in total. The lowest BCUT2D eigenvalue weighted by Gasteiger charge is -2.35. The van der Waals surface area contributed by atoms with E-state index in [-0.39, 0.29) is 5.91 Å². The molecule has 0 atom stereocenters. The molecule has 1 fully saturated rings. The highest BCUT2D eigenvalue weighted by Crippen LogP contribution is 2.24. The minimum absolute atomic E-state index is 0.143. The molecule has 5 heteroatoms. The van der Waals surface area contributed by atoms with Crippen molar-refractivity contribution in [2.45, 2.75) is 40.5 Å². The van der Waals surface area contributed by atoms with E-state index in [1.807, 2.05) is 35.2 Å². The topological polar surface area (TPSA) is 49.6 Å². The van der Waals surface area contributed by atoms with Crippen LogP contribution in [0.25, 0.3) is 11.5 Å². The molecule has 0 spiro atoms. The molecule has 0 saturated carbocycles. The summed E-state index contributed by atoms with van der Waals surface area (Å²) in [6, 6.07) is 9.91. The molecule has 1 aliphatic heterocycles. The van der Waals surface area contributed by atoms with Crippen molar-refractivity contribution in [3.63, 3.8) is 0 Å². The lowest BCUT2D eigenvalue weighted by atomic mass is 10.1. The molecule has 1 amide bonds. The second-order valence-corrected chi connectivity index (χ2v) is 8.60. The monoisotopic (exact) mass is 383 g/mol. The van der Waals surface area contributed by atoms with Gasteiger partial charge in [0.25, 0.3) is 0 Å². The van der Waals surface area contributed by atoms with Crippen molar-refractivity contribution >= 4 is 5.91 Å². The number of amides is 1. The van der Waals surface area contributed by atoms with Gasteiger partial charge in [-0.15, -0.1) is 0 Å². The van der Waals surface area contributed by atoms with Gasteiger partial charge in [0.15, 0.2) is 0 Å². The van der Waals surface area contributed by atoms with E-state index in [1.54, 1.807) is 0 Å². The van der Waals surface area contributed by atoms with Crippen LogP contribution in [0.5, 0.6) is 0 Å². The van der Waals surface area contributed by atoms with Crippen molar-refractivity contribution in [3.8, 4) is 11.5 Å². The molecule has 1 aliphatic rings. The Morgan fingerprint density at radius 2 is 1.71 bits per heavy atom. The van der Waals surface area contributed by atoms with E-state index in [0.29, 0.717) is 24.1 Å². The first-order valence-electron chi connectivity index (χ1n) is 10.5. The number of nitrogens with zero attached hydrogens (tertiary/aromatic N) is 3. The number of hydrogen-bond acceptors (Lipinski definition) is 4. The van der Waals surface area contributed by atoms with Gasteiger partial charge in [0, 0.05) is 38.3 Å². The molecule has 0 radical (unpaired) electrons. The molecule has 1 aromatic carbocycles. The van der Waals surface area contributed by atoms with Crippen LogP contribution in [0, 0.1) is 11.8 Å². The Labute approximate surface area is 168 Å². The van der Waals surface area contributed by atoms with E-state index in [4.69, 9.17) is 9.40 Å². The second kappa shape index (κ2) is 9.37. The second-order valence-electron chi connectivity index (χ2n) is 8.60. The minimum atomic E-state index is 0.143. The van der Waals surface area contributed by atoms with Crippen molar-refractivity contribution in [1.82, 2.24) is 14.8 Å². The first kappa shape index (κ1) is 20.6. The Balaban J connectivity index is 1.69. The molecule has 1 saturated heterocycles. The van der Waals surface area contributed by atoms with Gasteiger partial charge in [-0.3, -0.25) is 9.69 Å². The Morgan fingerprint density at radius 1 is 1.04 bits per heavy atom. The van der Waals surface area contributed by atoms with E-state index >= 15 is 0 Å². The molecule has 5 nitrogen and oxygen atoms in total. The van der Waals surface area contributed by atoms with E-state index in [1.165, 1.54) is 0 Å². The lowest BCUT2D eigenvalue weighted by Crippen LogP contribution is -2.49. The molecule has 3 rings (SSSR count). The summed E-state index contributed by atoms with van der Waals surface area (Å²) in [6.07, 6.45) is 1.12. The zero-order chi connectivity index (χ0) is 20.1. The first-order chi connectivity index (χ1) is 13.4. The maximum Gasteiger partial charge on any atom is 0.230 e. The molecule has 28 heavy (non-hydrogen) atoms. The fraction of sp³-hybridized carbons (Fsp3) is 0.565. The zero-order valence-electron chi connectivity index (χ0n) is 17.6. The molecule has 0 bridgehead atoms. The fourth-order valence-electron chi connectivity index (χ4n) is 3.72. The number of carbonyl (C=O) groups is 1. The van der Waals surface area contributed by atoms with E-state index in [0.717, 1.165) is 56.2 Å². The van der Waals surface area contributed by atoms with Crippen LogP contribution in [0.2, 0.25) is 0 Å². The summed E-state index contributed by atoms with van der Waals surface area (Å²) in [4.78, 5) is 22.0. The summed E-state index contributed by atoms with van der Waals surface area (Å²) in [5.74, 6) is 2.60. The van der Waals surface area contributed by atoms with Crippen LogP contribution in [0.15, 0.2) is 34.7 Å². The number of carbonyl (C=O) groups excluding carboxylic acids is 1. The average molecular weight is 384 g/mol. The highest BCUT2D eigenvalue weighted by Gasteiger charge is 2.24. The first-order valence-corrected chi connectivity index (χ1v) is 10.5. The van der Waals surface area contributed by atoms with Gasteiger partial charge in [-0.25, -0.2) is 4.98 Å². The maximum atomic E-state index is 12.9. The predicted octanol–water partition coefficient (Wildman–Crippen LogP) is 3.88. The van der Waals surface area contributed by atoms with Crippen molar-refractivity contribution in [2.75, 3.05) is 32.7 Å². The highest BCUT2D eigenvalue weighted by atomic mass is 16.4. The summed E-state index contributed by atoms with van der Waals surface area (Å²) >= 11 is 0. The van der Waals surface area contributed by atoms with Crippen molar-refractivity contribution in [3.05, 3.63) is 41.8 Å². The van der Waals surface area contributed by atoms with Gasteiger partial charge in [-0.05, 0) is 30.4 Å². The van der Waals surface area contributed by atoms with Crippen LogP contribution in [0.4, 0.5) is 0 Å². The average Bonchev–Trinajstić information content (AvgIpc) is 3.04. The largest absolute Gasteiger partial charge is 0.440 e. The molecular formula is C23H33N3O2. The number of benzene rings is 1. The Kier molecular flexibility index (Phi) is 6.89. The standard InChI is InChI=1S/C23H33N3O2/c1-17(2)14-20-21(28-23(24-20)19-8-6-5-7-9-19)15-22(27)26-12-10-25(11-13-26)16-18(3)4/h5-9,17-18H,10-16H2,1-4H3. The third-order valence-electron chi connectivity index (χ3n) is 5.06. The molecule has 2 heterocycles. The molecule has 2 aromatic rings. The lowest BCUT2D eigenvalue weighted by molar-refractivity contribution is -0.132. The van der Waals surface area contributed by atoms with E-state index < -0.39 is 0 Å². The van der Waals surface area contributed by atoms with Crippen LogP contribution >= 0.6 is 0 Å². The zero-order valence-corrected chi connectivity index (χ0v) is 17.6. The smallest absolute Gasteiger partial charge is 0.230 e. The molecule has 152 valence electrons. The van der Waals surface area contributed by atoms with Crippen molar-refractivity contribution < 1.29 is 9.21 Å². The van der Waals surface area contributed by atoms with Crippen LogP contribution in [-0.4, -0.2) is 53.4 Å². The van der Waals surface area contributed by atoms with Gasteiger partial charge >= 0.3 is 0 Å². The van der Waals surface area contributed by atoms with Crippen molar-refractivity contribution in [1.29, 1.82) is 0 Å². The third kappa shape index (κ3) is 5.44. The number of piperazine rings is 1. The molecule has 0 aliphatic carbocycles. The molecule has 0 unspecified atom stereocenters. The third-order valence-corrected chi connectivity index (χ3v) is 5.06. The van der Waals surface area contributed by atoms with Crippen molar-refractivity contribution in [2.24, 2.45) is 11.8 Å². The Hall–Kier alpha value is -2.14. The highest BCUT2D eigenvalue weighted by molar-refractivity contribution is 5.78. The van der Waals surface area contributed by atoms with Crippen LogP contribution in [0.1, 0.15) is 39.1 Å². The van der Waals surface area contributed by atoms with Gasteiger partial charge in [0.2, 0.25) is 11.8 Å². The summed E-state index contributed by atoms with van der Waals surface area (Å²) in [6.45, 7) is 13.4. The van der Waals surface area contributed by atoms with E-state index in [9.17, 15) is 4.79 Å². The van der Waals surface area contributed by atoms with Gasteiger partial charge in [0.05, 0.1) is 12.1 Å². The van der Waals surface area contributed by atoms with Gasteiger partial charge in [-0.1, -0.05) is 45.9 Å². The summed E-state index contributed by atoms with van der Waals surface area (Å²) in [7, 11) is 0. The quantitative estimate of drug-likeness (QED) is 0.728. The number of oxazole rings is 1. The van der Waals surface area contributed by atoms with Gasteiger partial charge in [0.1, 0.15) is 5.76 Å². The summed E-state index contributed by atoms with van der Waals surface area (Å²) in [5.41, 5.74) is 1.87. The van der Waals surface area contributed by atoms with Crippen LogP contribution < -0.4 is 0 Å². The fourth-order valence-corrected chi connectivity index (χ4v) is 3.72. The predicted molar refractivity (Wildman–Crippen MR) is 112 cm³/mol. The van der Waals surface area contributed by atoms with Crippen LogP contribution in [-0.2, 0) is 17.6 Å². The minimum Gasteiger partial charge on any atom is -0.440 e. The summed E-state index contributed by atoms with van der Waals surface area (Å²) < 4.78 is 6.07. The number of hydrogen-bond donors (Lipinski definition) is 0. The van der Waals surface area contributed by atoms with Crippen LogP contribution in [0.3, 0.4) is 0 Å². The SMILES string of the molecule is CC(C)Cc1nc(-c2ccccc2)oc1CC(=O)N1CCN(CC(C)C)CC1. The van der Waals surface area contributed by atoms with Gasteiger partial charge in [-0.2, -0.15) is 0 Å². The molecular weight excluding hydrogens is 350 g/mol. The summed E-state index contributed by atoms with van der Waals surface area (Å²) in [5, 5.41) is 0. The van der Waals surface area contributed by atoms with Gasteiger partial charge < -0.3 is 9.32 Å². The van der Waals surface area contributed by atoms with E-state index in [2.05, 4.69) is 32.6 Å².